The van der Waals surface area contributed by atoms with Gasteiger partial charge in [0.1, 0.15) is 10.3 Å². The summed E-state index contributed by atoms with van der Waals surface area (Å²) in [7, 11) is 0. The van der Waals surface area contributed by atoms with Crippen LogP contribution in [0.2, 0.25) is 0 Å². The molecule has 2 aromatic rings. The summed E-state index contributed by atoms with van der Waals surface area (Å²) in [6, 6.07) is 10.0. The first kappa shape index (κ1) is 14.2. The number of hydrogen-bond donors (Lipinski definition) is 2. The second-order valence-corrected chi connectivity index (χ2v) is 4.95. The van der Waals surface area contributed by atoms with E-state index in [2.05, 4.69) is 26.2 Å². The van der Waals surface area contributed by atoms with Crippen LogP contribution in [0.3, 0.4) is 0 Å². The van der Waals surface area contributed by atoms with Crippen molar-refractivity contribution in [1.82, 2.24) is 4.98 Å². The third kappa shape index (κ3) is 3.03. The summed E-state index contributed by atoms with van der Waals surface area (Å²) in [5.74, 6) is -0.879. The molecule has 0 bridgehead atoms. The van der Waals surface area contributed by atoms with Gasteiger partial charge in [-0.25, -0.2) is 4.98 Å². The summed E-state index contributed by atoms with van der Waals surface area (Å²) in [6.07, 6.45) is 0. The van der Waals surface area contributed by atoms with E-state index in [0.717, 1.165) is 0 Å². The van der Waals surface area contributed by atoms with E-state index in [4.69, 9.17) is 5.73 Å². The summed E-state index contributed by atoms with van der Waals surface area (Å²) in [5, 5.41) is 2.72. The molecule has 102 valence electrons. The fraction of sp³-hybridized carbons (Fsp3) is 0.0714. The Morgan fingerprint density at radius 2 is 1.90 bits per heavy atom. The lowest BCUT2D eigenvalue weighted by atomic mass is 10.1. The normalized spacial score (nSPS) is 10.1. The topological polar surface area (TPSA) is 85.1 Å². The van der Waals surface area contributed by atoms with E-state index in [-0.39, 0.29) is 11.6 Å². The average Bonchev–Trinajstić information content (AvgIpc) is 2.40. The van der Waals surface area contributed by atoms with Gasteiger partial charge in [0, 0.05) is 11.3 Å². The molecule has 5 nitrogen and oxygen atoms in total. The molecule has 6 heteroatoms. The molecule has 2 amide bonds. The second-order valence-electron chi connectivity index (χ2n) is 4.14. The van der Waals surface area contributed by atoms with Gasteiger partial charge in [0.2, 0.25) is 5.91 Å². The number of pyridine rings is 1. The standard InChI is InChI=1S/C14H12BrN3O2/c1-8-9(13(16)19)4-2-5-10(8)18-14(20)11-6-3-7-12(15)17-11/h2-7H,1H3,(H2,16,19)(H,18,20). The third-order valence-electron chi connectivity index (χ3n) is 2.80. The van der Waals surface area contributed by atoms with Crippen LogP contribution < -0.4 is 11.1 Å². The number of nitrogens with zero attached hydrogens (tertiary/aromatic N) is 1. The molecule has 20 heavy (non-hydrogen) atoms. The van der Waals surface area contributed by atoms with Crippen molar-refractivity contribution in [3.05, 3.63) is 57.8 Å². The fourth-order valence-electron chi connectivity index (χ4n) is 1.76. The smallest absolute Gasteiger partial charge is 0.274 e. The second kappa shape index (κ2) is 5.83. The Morgan fingerprint density at radius 3 is 2.55 bits per heavy atom. The minimum absolute atomic E-state index is 0.281. The molecule has 1 heterocycles. The Balaban J connectivity index is 2.29. The zero-order valence-electron chi connectivity index (χ0n) is 10.7. The average molecular weight is 334 g/mol. The van der Waals surface area contributed by atoms with Crippen molar-refractivity contribution >= 4 is 33.4 Å². The van der Waals surface area contributed by atoms with Crippen molar-refractivity contribution in [2.45, 2.75) is 6.92 Å². The van der Waals surface area contributed by atoms with E-state index < -0.39 is 5.91 Å². The molecule has 0 radical (unpaired) electrons. The van der Waals surface area contributed by atoms with Gasteiger partial charge in [-0.15, -0.1) is 0 Å². The van der Waals surface area contributed by atoms with Crippen LogP contribution >= 0.6 is 15.9 Å². The summed E-state index contributed by atoms with van der Waals surface area (Å²) in [5.41, 5.74) is 7.10. The van der Waals surface area contributed by atoms with Gasteiger partial charge in [-0.05, 0) is 52.7 Å². The number of primary amides is 1. The highest BCUT2D eigenvalue weighted by molar-refractivity contribution is 9.10. The van der Waals surface area contributed by atoms with E-state index in [1.54, 1.807) is 43.3 Å². The minimum atomic E-state index is -0.529. The number of hydrogen-bond acceptors (Lipinski definition) is 3. The molecule has 1 aromatic heterocycles. The maximum Gasteiger partial charge on any atom is 0.274 e. The van der Waals surface area contributed by atoms with E-state index in [1.165, 1.54) is 0 Å². The lowest BCUT2D eigenvalue weighted by Gasteiger charge is -2.10. The molecule has 0 aliphatic heterocycles. The number of nitrogens with two attached hydrogens (primary N) is 1. The maximum atomic E-state index is 12.1. The van der Waals surface area contributed by atoms with Gasteiger partial charge in [0.05, 0.1) is 0 Å². The van der Waals surface area contributed by atoms with Gasteiger partial charge < -0.3 is 11.1 Å². The van der Waals surface area contributed by atoms with Crippen LogP contribution in [0, 0.1) is 6.92 Å². The molecule has 0 saturated heterocycles. The Bertz CT molecular complexity index is 686. The Labute approximate surface area is 124 Å². The SMILES string of the molecule is Cc1c(NC(=O)c2cccc(Br)n2)cccc1C(N)=O. The van der Waals surface area contributed by atoms with Crippen molar-refractivity contribution in [2.75, 3.05) is 5.32 Å². The molecule has 0 aliphatic rings. The predicted molar refractivity (Wildman–Crippen MR) is 79.6 cm³/mol. The van der Waals surface area contributed by atoms with Crippen LogP contribution in [0.1, 0.15) is 26.4 Å². The van der Waals surface area contributed by atoms with Gasteiger partial charge >= 0.3 is 0 Å². The van der Waals surface area contributed by atoms with Crippen LogP contribution in [0.4, 0.5) is 5.69 Å². The van der Waals surface area contributed by atoms with Crippen molar-refractivity contribution in [3.8, 4) is 0 Å². The molecule has 0 spiro atoms. The minimum Gasteiger partial charge on any atom is -0.366 e. The van der Waals surface area contributed by atoms with E-state index >= 15 is 0 Å². The lowest BCUT2D eigenvalue weighted by Crippen LogP contribution is -2.17. The first-order valence-corrected chi connectivity index (χ1v) is 6.61. The van der Waals surface area contributed by atoms with Gasteiger partial charge in [-0.2, -0.15) is 0 Å². The summed E-state index contributed by atoms with van der Waals surface area (Å²) in [4.78, 5) is 27.4. The van der Waals surface area contributed by atoms with Gasteiger partial charge in [0.25, 0.3) is 5.91 Å². The maximum absolute atomic E-state index is 12.1. The highest BCUT2D eigenvalue weighted by Crippen LogP contribution is 2.19. The lowest BCUT2D eigenvalue weighted by molar-refractivity contribution is 0.0995. The zero-order chi connectivity index (χ0) is 14.7. The van der Waals surface area contributed by atoms with Crippen LogP contribution in [-0.2, 0) is 0 Å². The number of aromatic nitrogens is 1. The first-order valence-electron chi connectivity index (χ1n) is 5.82. The van der Waals surface area contributed by atoms with E-state index in [1.807, 2.05) is 0 Å². The van der Waals surface area contributed by atoms with Crippen molar-refractivity contribution in [1.29, 1.82) is 0 Å². The highest BCUT2D eigenvalue weighted by atomic mass is 79.9. The zero-order valence-corrected chi connectivity index (χ0v) is 12.3. The summed E-state index contributed by atoms with van der Waals surface area (Å²) < 4.78 is 0.577. The monoisotopic (exact) mass is 333 g/mol. The summed E-state index contributed by atoms with van der Waals surface area (Å²) >= 11 is 3.21. The Morgan fingerprint density at radius 1 is 1.20 bits per heavy atom. The number of halogens is 1. The van der Waals surface area contributed by atoms with E-state index in [9.17, 15) is 9.59 Å². The number of carbonyl (C=O) groups excluding carboxylic acids is 2. The van der Waals surface area contributed by atoms with Crippen LogP contribution in [0.5, 0.6) is 0 Å². The number of rotatable bonds is 3. The van der Waals surface area contributed by atoms with Crippen molar-refractivity contribution in [2.24, 2.45) is 5.73 Å². The van der Waals surface area contributed by atoms with Crippen LogP contribution in [0.15, 0.2) is 41.0 Å². The number of anilines is 1. The van der Waals surface area contributed by atoms with Crippen LogP contribution in [0.25, 0.3) is 0 Å². The third-order valence-corrected chi connectivity index (χ3v) is 3.24. The molecule has 0 fully saturated rings. The quantitative estimate of drug-likeness (QED) is 0.846. The van der Waals surface area contributed by atoms with Gasteiger partial charge in [-0.1, -0.05) is 12.1 Å². The molecule has 3 N–H and O–H groups in total. The molecule has 0 atom stereocenters. The van der Waals surface area contributed by atoms with Gasteiger partial charge in [-0.3, -0.25) is 9.59 Å². The molecule has 0 saturated carbocycles. The molecule has 0 unspecified atom stereocenters. The highest BCUT2D eigenvalue weighted by Gasteiger charge is 2.12. The van der Waals surface area contributed by atoms with Crippen molar-refractivity contribution in [3.63, 3.8) is 0 Å². The molecule has 0 aliphatic carbocycles. The number of amides is 2. The Hall–Kier alpha value is -2.21. The summed E-state index contributed by atoms with van der Waals surface area (Å²) in [6.45, 7) is 1.73. The van der Waals surface area contributed by atoms with E-state index in [0.29, 0.717) is 21.4 Å². The van der Waals surface area contributed by atoms with Crippen molar-refractivity contribution < 1.29 is 9.59 Å². The molecule has 1 aromatic carbocycles. The fourth-order valence-corrected chi connectivity index (χ4v) is 2.10. The number of carbonyl (C=O) groups is 2. The largest absolute Gasteiger partial charge is 0.366 e. The predicted octanol–water partition coefficient (Wildman–Crippen LogP) is 2.50. The number of nitrogens with one attached hydrogen (secondary N) is 1. The molecule has 2 rings (SSSR count). The molecular formula is C14H12BrN3O2. The molecular weight excluding hydrogens is 322 g/mol. The number of benzene rings is 1. The Kier molecular flexibility index (Phi) is 4.14. The first-order chi connectivity index (χ1) is 9.49. The van der Waals surface area contributed by atoms with Crippen LogP contribution in [-0.4, -0.2) is 16.8 Å². The van der Waals surface area contributed by atoms with Gasteiger partial charge in [0.15, 0.2) is 0 Å².